The number of hydrogen-bond donors (Lipinski definition) is 2. The molecule has 1 amide bonds. The number of carbonyl (C=O) groups is 1. The number of carbonyl (C=O) groups excluding carboxylic acids is 1. The minimum atomic E-state index is -0.0851. The second-order valence-corrected chi connectivity index (χ2v) is 7.89. The number of nitrogen functional groups attached to an aromatic ring is 1. The van der Waals surface area contributed by atoms with E-state index in [0.29, 0.717) is 5.82 Å². The molecular formula is C25H22N6O. The predicted molar refractivity (Wildman–Crippen MR) is 127 cm³/mol. The van der Waals surface area contributed by atoms with E-state index in [4.69, 9.17) is 5.73 Å². The molecule has 3 N–H and O–H groups in total. The van der Waals surface area contributed by atoms with Crippen molar-refractivity contribution in [2.24, 2.45) is 7.05 Å². The Morgan fingerprint density at radius 3 is 2.78 bits per heavy atom. The summed E-state index contributed by atoms with van der Waals surface area (Å²) in [4.78, 5) is 25.5. The molecule has 0 saturated heterocycles. The van der Waals surface area contributed by atoms with Crippen LogP contribution in [0.2, 0.25) is 0 Å². The smallest absolute Gasteiger partial charge is 0.228 e. The maximum absolute atomic E-state index is 12.7. The van der Waals surface area contributed by atoms with Crippen LogP contribution in [0.15, 0.2) is 67.4 Å². The van der Waals surface area contributed by atoms with Gasteiger partial charge in [-0.3, -0.25) is 9.78 Å². The molecule has 0 atom stereocenters. The van der Waals surface area contributed by atoms with Crippen LogP contribution in [0, 0.1) is 6.92 Å². The number of nitrogens with two attached hydrogens (primary N) is 1. The molecule has 0 aliphatic rings. The largest absolute Gasteiger partial charge is 0.383 e. The van der Waals surface area contributed by atoms with Crippen LogP contribution in [-0.4, -0.2) is 25.4 Å². The van der Waals surface area contributed by atoms with E-state index < -0.39 is 0 Å². The SMILES string of the molecule is Cc1cc(NC(=O)Cc2cncc3ccccc23)ccc1-c1cn(C)c2ncnc(N)c12. The molecule has 5 rings (SSSR count). The van der Waals surface area contributed by atoms with Crippen molar-refractivity contribution in [2.45, 2.75) is 13.3 Å². The first kappa shape index (κ1) is 19.7. The van der Waals surface area contributed by atoms with E-state index in [-0.39, 0.29) is 12.3 Å². The van der Waals surface area contributed by atoms with Crippen molar-refractivity contribution in [3.05, 3.63) is 78.5 Å². The second kappa shape index (κ2) is 7.77. The summed E-state index contributed by atoms with van der Waals surface area (Å²) in [5.41, 5.74) is 11.6. The van der Waals surface area contributed by atoms with Crippen LogP contribution >= 0.6 is 0 Å². The standard InChI is InChI=1S/C25H22N6O/c1-15-9-18(30-22(32)10-17-12-27-11-16-5-3-4-6-20(16)17)7-8-19(15)21-13-31(2)25-23(21)24(26)28-14-29-25/h3-9,11-14H,10H2,1-2H3,(H,30,32)(H2,26,28,29). The Labute approximate surface area is 184 Å². The van der Waals surface area contributed by atoms with Crippen molar-refractivity contribution in [1.29, 1.82) is 0 Å². The Morgan fingerprint density at radius 1 is 1.09 bits per heavy atom. The van der Waals surface area contributed by atoms with Gasteiger partial charge in [0, 0.05) is 42.3 Å². The van der Waals surface area contributed by atoms with Gasteiger partial charge in [0.1, 0.15) is 17.8 Å². The van der Waals surface area contributed by atoms with Crippen LogP contribution < -0.4 is 11.1 Å². The maximum atomic E-state index is 12.7. The quantitative estimate of drug-likeness (QED) is 0.451. The van der Waals surface area contributed by atoms with Crippen molar-refractivity contribution >= 4 is 39.2 Å². The minimum Gasteiger partial charge on any atom is -0.383 e. The summed E-state index contributed by atoms with van der Waals surface area (Å²) < 4.78 is 1.94. The molecule has 0 bridgehead atoms. The molecule has 5 aromatic rings. The van der Waals surface area contributed by atoms with Crippen molar-refractivity contribution in [1.82, 2.24) is 19.5 Å². The molecule has 3 aromatic heterocycles. The summed E-state index contributed by atoms with van der Waals surface area (Å²) in [6, 6.07) is 13.8. The summed E-state index contributed by atoms with van der Waals surface area (Å²) >= 11 is 0. The monoisotopic (exact) mass is 422 g/mol. The van der Waals surface area contributed by atoms with E-state index in [1.807, 2.05) is 73.4 Å². The molecule has 0 radical (unpaired) electrons. The average Bonchev–Trinajstić information content (AvgIpc) is 3.12. The number of aromatic nitrogens is 4. The number of aryl methyl sites for hydroxylation is 2. The fourth-order valence-corrected chi connectivity index (χ4v) is 4.18. The number of anilines is 2. The molecule has 32 heavy (non-hydrogen) atoms. The van der Waals surface area contributed by atoms with Gasteiger partial charge >= 0.3 is 0 Å². The molecule has 2 aromatic carbocycles. The van der Waals surface area contributed by atoms with E-state index in [1.54, 1.807) is 6.20 Å². The molecule has 0 aliphatic heterocycles. The van der Waals surface area contributed by atoms with Crippen LogP contribution in [-0.2, 0) is 18.3 Å². The van der Waals surface area contributed by atoms with E-state index in [9.17, 15) is 4.79 Å². The zero-order valence-electron chi connectivity index (χ0n) is 17.8. The van der Waals surface area contributed by atoms with E-state index in [1.165, 1.54) is 6.33 Å². The second-order valence-electron chi connectivity index (χ2n) is 7.89. The summed E-state index contributed by atoms with van der Waals surface area (Å²) in [5, 5.41) is 5.90. The van der Waals surface area contributed by atoms with Crippen molar-refractivity contribution in [3.8, 4) is 11.1 Å². The van der Waals surface area contributed by atoms with Gasteiger partial charge < -0.3 is 15.6 Å². The van der Waals surface area contributed by atoms with Gasteiger partial charge in [0.25, 0.3) is 0 Å². The van der Waals surface area contributed by atoms with Gasteiger partial charge in [0.05, 0.1) is 11.8 Å². The fraction of sp³-hybridized carbons (Fsp3) is 0.120. The Bertz CT molecular complexity index is 1480. The zero-order chi connectivity index (χ0) is 22.2. The first-order valence-electron chi connectivity index (χ1n) is 10.3. The molecule has 0 saturated carbocycles. The first-order chi connectivity index (χ1) is 15.5. The van der Waals surface area contributed by atoms with Crippen LogP contribution in [0.1, 0.15) is 11.1 Å². The van der Waals surface area contributed by atoms with E-state index >= 15 is 0 Å². The highest BCUT2D eigenvalue weighted by molar-refractivity contribution is 6.02. The lowest BCUT2D eigenvalue weighted by Crippen LogP contribution is -2.14. The van der Waals surface area contributed by atoms with Gasteiger partial charge in [-0.25, -0.2) is 9.97 Å². The third kappa shape index (κ3) is 3.43. The van der Waals surface area contributed by atoms with Gasteiger partial charge in [-0.05, 0) is 41.1 Å². The first-order valence-corrected chi connectivity index (χ1v) is 10.3. The van der Waals surface area contributed by atoms with Gasteiger partial charge in [-0.15, -0.1) is 0 Å². The Hall–Kier alpha value is -4.26. The predicted octanol–water partition coefficient (Wildman–Crippen LogP) is 4.26. The Morgan fingerprint density at radius 2 is 1.94 bits per heavy atom. The third-order valence-corrected chi connectivity index (χ3v) is 5.68. The van der Waals surface area contributed by atoms with Crippen molar-refractivity contribution < 1.29 is 4.79 Å². The number of hydrogen-bond acceptors (Lipinski definition) is 5. The number of fused-ring (bicyclic) bond motifs is 2. The fourth-order valence-electron chi connectivity index (χ4n) is 4.18. The van der Waals surface area contributed by atoms with E-state index in [0.717, 1.165) is 49.7 Å². The molecule has 0 unspecified atom stereocenters. The zero-order valence-corrected chi connectivity index (χ0v) is 17.8. The van der Waals surface area contributed by atoms with Crippen molar-refractivity contribution in [2.75, 3.05) is 11.1 Å². The topological polar surface area (TPSA) is 98.7 Å². The molecule has 3 heterocycles. The molecule has 7 heteroatoms. The number of rotatable bonds is 4. The number of benzene rings is 2. The molecule has 0 fully saturated rings. The average molecular weight is 422 g/mol. The highest BCUT2D eigenvalue weighted by Crippen LogP contribution is 2.34. The number of nitrogens with zero attached hydrogens (tertiary/aromatic N) is 4. The number of nitrogens with one attached hydrogen (secondary N) is 1. The van der Waals surface area contributed by atoms with Gasteiger partial charge in [0.15, 0.2) is 0 Å². The lowest BCUT2D eigenvalue weighted by atomic mass is 10.00. The summed E-state index contributed by atoms with van der Waals surface area (Å²) in [7, 11) is 1.93. The molecule has 158 valence electrons. The Kier molecular flexibility index (Phi) is 4.78. The van der Waals surface area contributed by atoms with Crippen LogP contribution in [0.4, 0.5) is 11.5 Å². The van der Waals surface area contributed by atoms with Gasteiger partial charge in [0.2, 0.25) is 5.91 Å². The van der Waals surface area contributed by atoms with Gasteiger partial charge in [-0.2, -0.15) is 0 Å². The lowest BCUT2D eigenvalue weighted by molar-refractivity contribution is -0.115. The van der Waals surface area contributed by atoms with Crippen molar-refractivity contribution in [3.63, 3.8) is 0 Å². The Balaban J connectivity index is 1.41. The third-order valence-electron chi connectivity index (χ3n) is 5.68. The van der Waals surface area contributed by atoms with Crippen LogP contribution in [0.3, 0.4) is 0 Å². The maximum Gasteiger partial charge on any atom is 0.228 e. The molecular weight excluding hydrogens is 400 g/mol. The summed E-state index contributed by atoms with van der Waals surface area (Å²) in [5.74, 6) is 0.365. The molecule has 7 nitrogen and oxygen atoms in total. The number of pyridine rings is 1. The molecule has 0 spiro atoms. The minimum absolute atomic E-state index is 0.0851. The highest BCUT2D eigenvalue weighted by atomic mass is 16.1. The van der Waals surface area contributed by atoms with Gasteiger partial charge in [-0.1, -0.05) is 30.3 Å². The molecule has 0 aliphatic carbocycles. The highest BCUT2D eigenvalue weighted by Gasteiger charge is 2.15. The lowest BCUT2D eigenvalue weighted by Gasteiger charge is -2.11. The summed E-state index contributed by atoms with van der Waals surface area (Å²) in [6.07, 6.45) is 7.29. The van der Waals surface area contributed by atoms with E-state index in [2.05, 4.69) is 20.3 Å². The van der Waals surface area contributed by atoms with Crippen LogP contribution in [0.5, 0.6) is 0 Å². The summed E-state index contributed by atoms with van der Waals surface area (Å²) in [6.45, 7) is 2.01. The van der Waals surface area contributed by atoms with Crippen LogP contribution in [0.25, 0.3) is 32.9 Å². The normalized spacial score (nSPS) is 11.2. The number of amides is 1.